The summed E-state index contributed by atoms with van der Waals surface area (Å²) in [6, 6.07) is 11.5. The topological polar surface area (TPSA) is 58.6 Å². The number of hydrogen-bond donors (Lipinski definition) is 2. The second-order valence-electron chi connectivity index (χ2n) is 4.50. The van der Waals surface area contributed by atoms with Crippen molar-refractivity contribution in [1.29, 1.82) is 0 Å². The van der Waals surface area contributed by atoms with Gasteiger partial charge in [0.15, 0.2) is 0 Å². The molecule has 5 heteroatoms. The Hall–Kier alpha value is -2.20. The molecule has 0 aliphatic rings. The third kappa shape index (κ3) is 4.13. The molecule has 21 heavy (non-hydrogen) atoms. The first-order valence-corrected chi connectivity index (χ1v) is 7.00. The zero-order valence-electron chi connectivity index (χ0n) is 11.6. The lowest BCUT2D eigenvalue weighted by molar-refractivity contribution is 0.102. The lowest BCUT2D eigenvalue weighted by atomic mass is 10.2. The quantitative estimate of drug-likeness (QED) is 0.818. The van der Waals surface area contributed by atoms with Gasteiger partial charge in [-0.3, -0.25) is 4.79 Å². The Morgan fingerprint density at radius 1 is 1.29 bits per heavy atom. The monoisotopic (exact) mass is 305 g/mol. The standard InChI is InChI=1S/C16H16ClNO3/c1-2-8-21-13-5-3-4-11(9-13)16(20)18-12-6-7-15(19)14(17)10-12/h3-7,9-10,19H,2,8H2,1H3,(H,18,20). The number of carbonyl (C=O) groups is 1. The molecule has 0 saturated heterocycles. The van der Waals surface area contributed by atoms with E-state index in [9.17, 15) is 9.90 Å². The van der Waals surface area contributed by atoms with E-state index in [-0.39, 0.29) is 16.7 Å². The van der Waals surface area contributed by atoms with Gasteiger partial charge in [-0.2, -0.15) is 0 Å². The van der Waals surface area contributed by atoms with Crippen molar-refractivity contribution in [3.8, 4) is 11.5 Å². The van der Waals surface area contributed by atoms with Crippen molar-refractivity contribution in [3.05, 3.63) is 53.1 Å². The minimum absolute atomic E-state index is 0.0235. The van der Waals surface area contributed by atoms with E-state index in [1.54, 1.807) is 24.3 Å². The number of phenols is 1. The number of rotatable bonds is 5. The molecule has 0 atom stereocenters. The van der Waals surface area contributed by atoms with Gasteiger partial charge in [0, 0.05) is 11.3 Å². The van der Waals surface area contributed by atoms with Gasteiger partial charge in [-0.05, 0) is 42.8 Å². The van der Waals surface area contributed by atoms with Crippen LogP contribution in [0.5, 0.6) is 11.5 Å². The highest BCUT2D eigenvalue weighted by Crippen LogP contribution is 2.26. The molecule has 2 rings (SSSR count). The van der Waals surface area contributed by atoms with Crippen molar-refractivity contribution in [2.45, 2.75) is 13.3 Å². The maximum absolute atomic E-state index is 12.2. The molecule has 2 aromatic rings. The number of phenolic OH excluding ortho intramolecular Hbond substituents is 1. The predicted octanol–water partition coefficient (Wildman–Crippen LogP) is 4.09. The first-order chi connectivity index (χ1) is 10.1. The molecule has 0 unspecified atom stereocenters. The van der Waals surface area contributed by atoms with E-state index in [4.69, 9.17) is 16.3 Å². The summed E-state index contributed by atoms with van der Waals surface area (Å²) in [7, 11) is 0. The van der Waals surface area contributed by atoms with E-state index in [1.807, 2.05) is 13.0 Å². The van der Waals surface area contributed by atoms with E-state index in [1.165, 1.54) is 12.1 Å². The van der Waals surface area contributed by atoms with Crippen LogP contribution < -0.4 is 10.1 Å². The van der Waals surface area contributed by atoms with E-state index in [2.05, 4.69) is 5.32 Å². The van der Waals surface area contributed by atoms with Gasteiger partial charge in [0.2, 0.25) is 0 Å². The molecule has 0 aliphatic carbocycles. The molecular weight excluding hydrogens is 290 g/mol. The van der Waals surface area contributed by atoms with E-state index >= 15 is 0 Å². The van der Waals surface area contributed by atoms with Crippen molar-refractivity contribution in [2.24, 2.45) is 0 Å². The minimum Gasteiger partial charge on any atom is -0.506 e. The molecular formula is C16H16ClNO3. The van der Waals surface area contributed by atoms with Crippen LogP contribution >= 0.6 is 11.6 Å². The number of amides is 1. The first kappa shape index (κ1) is 15.2. The van der Waals surface area contributed by atoms with Crippen molar-refractivity contribution in [3.63, 3.8) is 0 Å². The largest absolute Gasteiger partial charge is 0.506 e. The average Bonchev–Trinajstić information content (AvgIpc) is 2.49. The molecule has 110 valence electrons. The van der Waals surface area contributed by atoms with Crippen LogP contribution in [0.3, 0.4) is 0 Å². The van der Waals surface area contributed by atoms with Crippen LogP contribution in [0.2, 0.25) is 5.02 Å². The van der Waals surface area contributed by atoms with Crippen LogP contribution in [0.4, 0.5) is 5.69 Å². The van der Waals surface area contributed by atoms with Gasteiger partial charge in [-0.1, -0.05) is 24.6 Å². The smallest absolute Gasteiger partial charge is 0.255 e. The maximum atomic E-state index is 12.2. The molecule has 2 N–H and O–H groups in total. The fraction of sp³-hybridized carbons (Fsp3) is 0.188. The Morgan fingerprint density at radius 3 is 2.81 bits per heavy atom. The fourth-order valence-corrected chi connectivity index (χ4v) is 1.92. The summed E-state index contributed by atoms with van der Waals surface area (Å²) >= 11 is 5.80. The third-order valence-electron chi connectivity index (χ3n) is 2.77. The van der Waals surface area contributed by atoms with Gasteiger partial charge in [-0.25, -0.2) is 0 Å². The zero-order chi connectivity index (χ0) is 15.2. The molecule has 0 saturated carbocycles. The lowest BCUT2D eigenvalue weighted by Gasteiger charge is -2.08. The van der Waals surface area contributed by atoms with Crippen LogP contribution in [0.15, 0.2) is 42.5 Å². The number of aromatic hydroxyl groups is 1. The number of hydrogen-bond acceptors (Lipinski definition) is 3. The summed E-state index contributed by atoms with van der Waals surface area (Å²) in [6.45, 7) is 2.63. The highest BCUT2D eigenvalue weighted by Gasteiger charge is 2.08. The molecule has 0 heterocycles. The highest BCUT2D eigenvalue weighted by molar-refractivity contribution is 6.32. The van der Waals surface area contributed by atoms with Crippen molar-refractivity contribution >= 4 is 23.2 Å². The molecule has 0 fully saturated rings. The van der Waals surface area contributed by atoms with Gasteiger partial charge in [-0.15, -0.1) is 0 Å². The first-order valence-electron chi connectivity index (χ1n) is 6.63. The van der Waals surface area contributed by atoms with Crippen LogP contribution in [-0.2, 0) is 0 Å². The van der Waals surface area contributed by atoms with E-state index in [0.29, 0.717) is 23.6 Å². The van der Waals surface area contributed by atoms with E-state index in [0.717, 1.165) is 6.42 Å². The van der Waals surface area contributed by atoms with Gasteiger partial charge in [0.05, 0.1) is 11.6 Å². The van der Waals surface area contributed by atoms with Crippen molar-refractivity contribution < 1.29 is 14.6 Å². The molecule has 1 amide bonds. The van der Waals surface area contributed by atoms with Crippen molar-refractivity contribution in [2.75, 3.05) is 11.9 Å². The molecule has 4 nitrogen and oxygen atoms in total. The summed E-state index contributed by atoms with van der Waals surface area (Å²) in [5.74, 6) is 0.372. The van der Waals surface area contributed by atoms with Crippen molar-refractivity contribution in [1.82, 2.24) is 0 Å². The Kier molecular flexibility index (Phi) is 5.06. The molecule has 0 bridgehead atoms. The SMILES string of the molecule is CCCOc1cccc(C(=O)Nc2ccc(O)c(Cl)c2)c1. The number of anilines is 1. The average molecular weight is 306 g/mol. The summed E-state index contributed by atoms with van der Waals surface area (Å²) < 4.78 is 5.50. The maximum Gasteiger partial charge on any atom is 0.255 e. The fourth-order valence-electron chi connectivity index (χ4n) is 1.73. The number of nitrogens with one attached hydrogen (secondary N) is 1. The van der Waals surface area contributed by atoms with Gasteiger partial charge in [0.25, 0.3) is 5.91 Å². The Balaban J connectivity index is 2.10. The van der Waals surface area contributed by atoms with Gasteiger partial charge in [0.1, 0.15) is 11.5 Å². The van der Waals surface area contributed by atoms with Gasteiger partial charge >= 0.3 is 0 Å². The molecule has 0 radical (unpaired) electrons. The summed E-state index contributed by atoms with van der Waals surface area (Å²) in [4.78, 5) is 12.2. The van der Waals surface area contributed by atoms with Crippen LogP contribution in [-0.4, -0.2) is 17.6 Å². The molecule has 0 aliphatic heterocycles. The molecule has 2 aromatic carbocycles. The van der Waals surface area contributed by atoms with Crippen LogP contribution in [0.1, 0.15) is 23.7 Å². The van der Waals surface area contributed by atoms with Crippen LogP contribution in [0.25, 0.3) is 0 Å². The Bertz CT molecular complexity index is 643. The highest BCUT2D eigenvalue weighted by atomic mass is 35.5. The second kappa shape index (κ2) is 6.99. The Morgan fingerprint density at radius 2 is 2.10 bits per heavy atom. The molecule has 0 spiro atoms. The predicted molar refractivity (Wildman–Crippen MR) is 83.3 cm³/mol. The lowest BCUT2D eigenvalue weighted by Crippen LogP contribution is -2.12. The van der Waals surface area contributed by atoms with Gasteiger partial charge < -0.3 is 15.2 Å². The summed E-state index contributed by atoms with van der Waals surface area (Å²) in [6.07, 6.45) is 0.905. The summed E-state index contributed by atoms with van der Waals surface area (Å²) in [5, 5.41) is 12.3. The second-order valence-corrected chi connectivity index (χ2v) is 4.90. The molecule has 0 aromatic heterocycles. The Labute approximate surface area is 128 Å². The summed E-state index contributed by atoms with van der Waals surface area (Å²) in [5.41, 5.74) is 1.01. The zero-order valence-corrected chi connectivity index (χ0v) is 12.4. The minimum atomic E-state index is -0.265. The third-order valence-corrected chi connectivity index (χ3v) is 3.08. The number of benzene rings is 2. The normalized spacial score (nSPS) is 10.2. The number of carbonyl (C=O) groups excluding carboxylic acids is 1. The number of halogens is 1. The number of ether oxygens (including phenoxy) is 1. The van der Waals surface area contributed by atoms with E-state index < -0.39 is 0 Å². The van der Waals surface area contributed by atoms with Crippen LogP contribution in [0, 0.1) is 0 Å².